The number of benzene rings is 1. The van der Waals surface area contributed by atoms with Crippen LogP contribution < -0.4 is 5.32 Å². The molecule has 21 heavy (non-hydrogen) atoms. The summed E-state index contributed by atoms with van der Waals surface area (Å²) in [4.78, 5) is 2.37. The van der Waals surface area contributed by atoms with Gasteiger partial charge in [-0.25, -0.2) is 0 Å². The number of nitrogens with one attached hydrogen (secondary N) is 1. The number of morpholine rings is 1. The second kappa shape index (κ2) is 8.19. The maximum Gasteiger partial charge on any atom is 0.119 e. The van der Waals surface area contributed by atoms with Crippen molar-refractivity contribution in [1.29, 1.82) is 0 Å². The Morgan fingerprint density at radius 2 is 1.81 bits per heavy atom. The van der Waals surface area contributed by atoms with Crippen LogP contribution in [0.5, 0.6) is 11.5 Å². The normalized spacial score (nSPS) is 17.8. The van der Waals surface area contributed by atoms with E-state index in [9.17, 15) is 15.3 Å². The zero-order chi connectivity index (χ0) is 15.1. The van der Waals surface area contributed by atoms with Crippen LogP contribution >= 0.6 is 0 Å². The van der Waals surface area contributed by atoms with E-state index in [2.05, 4.69) is 10.2 Å². The van der Waals surface area contributed by atoms with Crippen molar-refractivity contribution in [1.82, 2.24) is 10.2 Å². The number of hydrogen-bond acceptors (Lipinski definition) is 6. The fourth-order valence-electron chi connectivity index (χ4n) is 2.42. The lowest BCUT2D eigenvalue weighted by molar-refractivity contribution is 0.0373. The zero-order valence-electron chi connectivity index (χ0n) is 12.2. The van der Waals surface area contributed by atoms with Gasteiger partial charge in [-0.15, -0.1) is 0 Å². The van der Waals surface area contributed by atoms with E-state index in [0.29, 0.717) is 12.1 Å². The molecule has 0 saturated carbocycles. The average Bonchev–Trinajstić information content (AvgIpc) is 2.47. The minimum absolute atomic E-state index is 0.0450. The molecule has 0 aliphatic carbocycles. The fraction of sp³-hybridized carbons (Fsp3) is 0.600. The maximum atomic E-state index is 10.0. The molecule has 6 heteroatoms. The van der Waals surface area contributed by atoms with Gasteiger partial charge in [-0.1, -0.05) is 0 Å². The Hall–Kier alpha value is -1.34. The summed E-state index contributed by atoms with van der Waals surface area (Å²) >= 11 is 0. The highest BCUT2D eigenvalue weighted by Gasteiger charge is 2.11. The quantitative estimate of drug-likeness (QED) is 0.547. The molecular formula is C15H24N2O4. The summed E-state index contributed by atoms with van der Waals surface area (Å²) in [5, 5.41) is 32.0. The molecule has 1 unspecified atom stereocenters. The highest BCUT2D eigenvalue weighted by molar-refractivity contribution is 5.37. The number of aliphatic hydroxyl groups is 1. The van der Waals surface area contributed by atoms with Crippen molar-refractivity contribution in [2.75, 3.05) is 45.9 Å². The number of phenols is 2. The summed E-state index contributed by atoms with van der Waals surface area (Å²) in [5.74, 6) is -0.0901. The Bertz CT molecular complexity index is 415. The molecular weight excluding hydrogens is 272 g/mol. The number of hydrogen-bond donors (Lipinski definition) is 4. The third-order valence-electron chi connectivity index (χ3n) is 3.58. The number of nitrogens with zero attached hydrogens (tertiary/aromatic N) is 1. The van der Waals surface area contributed by atoms with E-state index < -0.39 is 6.10 Å². The van der Waals surface area contributed by atoms with Crippen LogP contribution in [0.4, 0.5) is 0 Å². The molecule has 1 aliphatic rings. The zero-order valence-corrected chi connectivity index (χ0v) is 12.2. The first-order chi connectivity index (χ1) is 10.1. The molecule has 1 saturated heterocycles. The first-order valence-corrected chi connectivity index (χ1v) is 7.37. The average molecular weight is 296 g/mol. The molecule has 6 nitrogen and oxygen atoms in total. The highest BCUT2D eigenvalue weighted by Crippen LogP contribution is 2.24. The second-order valence-electron chi connectivity index (χ2n) is 5.31. The first-order valence-electron chi connectivity index (χ1n) is 7.37. The molecule has 1 aromatic rings. The summed E-state index contributed by atoms with van der Waals surface area (Å²) in [6.45, 7) is 5.85. The predicted molar refractivity (Wildman–Crippen MR) is 79.5 cm³/mol. The van der Waals surface area contributed by atoms with Crippen molar-refractivity contribution >= 4 is 0 Å². The van der Waals surface area contributed by atoms with Gasteiger partial charge in [0.15, 0.2) is 0 Å². The second-order valence-corrected chi connectivity index (χ2v) is 5.31. The molecule has 1 aromatic carbocycles. The summed E-state index contributed by atoms with van der Waals surface area (Å²) in [6.07, 6.45) is 0.268. The van der Waals surface area contributed by atoms with Crippen LogP contribution in [0.25, 0.3) is 0 Å². The standard InChI is InChI=1S/C15H24N2O4/c18-13-8-12(9-14(19)10-13)15(20)11-16-2-1-3-17-4-6-21-7-5-17/h8-10,15-16,18-20H,1-7,11H2. The van der Waals surface area contributed by atoms with E-state index in [1.807, 2.05) is 0 Å². The van der Waals surface area contributed by atoms with Crippen molar-refractivity contribution in [3.63, 3.8) is 0 Å². The van der Waals surface area contributed by atoms with Crippen LogP contribution in [0.2, 0.25) is 0 Å². The topological polar surface area (TPSA) is 85.2 Å². The van der Waals surface area contributed by atoms with E-state index in [-0.39, 0.29) is 11.5 Å². The van der Waals surface area contributed by atoms with Crippen LogP contribution in [0.15, 0.2) is 18.2 Å². The van der Waals surface area contributed by atoms with Gasteiger partial charge in [0.25, 0.3) is 0 Å². The molecule has 0 radical (unpaired) electrons. The molecule has 0 aromatic heterocycles. The minimum Gasteiger partial charge on any atom is -0.508 e. The predicted octanol–water partition coefficient (Wildman–Crippen LogP) is 0.443. The Morgan fingerprint density at radius 3 is 2.48 bits per heavy atom. The van der Waals surface area contributed by atoms with Crippen LogP contribution in [0, 0.1) is 0 Å². The van der Waals surface area contributed by atoms with E-state index in [1.54, 1.807) is 0 Å². The molecule has 118 valence electrons. The lowest BCUT2D eigenvalue weighted by atomic mass is 10.1. The van der Waals surface area contributed by atoms with Crippen LogP contribution in [0.3, 0.4) is 0 Å². The van der Waals surface area contributed by atoms with E-state index in [1.165, 1.54) is 18.2 Å². The molecule has 0 amide bonds. The van der Waals surface area contributed by atoms with Crippen LogP contribution in [-0.4, -0.2) is 66.2 Å². The van der Waals surface area contributed by atoms with Crippen molar-refractivity contribution in [2.24, 2.45) is 0 Å². The number of rotatable bonds is 7. The van der Waals surface area contributed by atoms with Gasteiger partial charge in [0, 0.05) is 25.7 Å². The lowest BCUT2D eigenvalue weighted by Crippen LogP contribution is -2.37. The molecule has 2 rings (SSSR count). The van der Waals surface area contributed by atoms with Crippen molar-refractivity contribution in [3.8, 4) is 11.5 Å². The molecule has 1 heterocycles. The molecule has 0 bridgehead atoms. The Kier molecular flexibility index (Phi) is 6.25. The smallest absolute Gasteiger partial charge is 0.119 e. The summed E-state index contributed by atoms with van der Waals surface area (Å²) < 4.78 is 5.30. The number of aromatic hydroxyl groups is 2. The van der Waals surface area contributed by atoms with Gasteiger partial charge in [-0.05, 0) is 37.2 Å². The Balaban J connectivity index is 1.63. The fourth-order valence-corrected chi connectivity index (χ4v) is 2.42. The first kappa shape index (κ1) is 16.0. The molecule has 4 N–H and O–H groups in total. The van der Waals surface area contributed by atoms with Gasteiger partial charge in [0.05, 0.1) is 19.3 Å². The van der Waals surface area contributed by atoms with Crippen molar-refractivity contribution in [3.05, 3.63) is 23.8 Å². The SMILES string of the molecule is Oc1cc(O)cc(C(O)CNCCCN2CCOCC2)c1. The number of phenolic OH excluding ortho intramolecular Hbond substituents is 2. The molecule has 1 aliphatic heterocycles. The number of aliphatic hydroxyl groups excluding tert-OH is 1. The molecule has 1 atom stereocenters. The largest absolute Gasteiger partial charge is 0.508 e. The third-order valence-corrected chi connectivity index (χ3v) is 3.58. The third kappa shape index (κ3) is 5.51. The van der Waals surface area contributed by atoms with E-state index in [4.69, 9.17) is 4.74 Å². The van der Waals surface area contributed by atoms with Crippen molar-refractivity contribution in [2.45, 2.75) is 12.5 Å². The molecule has 0 spiro atoms. The van der Waals surface area contributed by atoms with Crippen LogP contribution in [-0.2, 0) is 4.74 Å². The van der Waals surface area contributed by atoms with Gasteiger partial charge in [0.2, 0.25) is 0 Å². The van der Waals surface area contributed by atoms with Gasteiger partial charge < -0.3 is 25.4 Å². The van der Waals surface area contributed by atoms with Gasteiger partial charge in [0.1, 0.15) is 11.5 Å². The monoisotopic (exact) mass is 296 g/mol. The summed E-state index contributed by atoms with van der Waals surface area (Å²) in [7, 11) is 0. The van der Waals surface area contributed by atoms with Gasteiger partial charge in [-0.3, -0.25) is 4.90 Å². The Morgan fingerprint density at radius 1 is 1.14 bits per heavy atom. The minimum atomic E-state index is -0.744. The summed E-state index contributed by atoms with van der Waals surface area (Å²) in [5.41, 5.74) is 0.508. The van der Waals surface area contributed by atoms with E-state index in [0.717, 1.165) is 45.8 Å². The van der Waals surface area contributed by atoms with Crippen LogP contribution in [0.1, 0.15) is 18.1 Å². The molecule has 1 fully saturated rings. The van der Waals surface area contributed by atoms with Gasteiger partial charge in [-0.2, -0.15) is 0 Å². The maximum absolute atomic E-state index is 10.0. The highest BCUT2D eigenvalue weighted by atomic mass is 16.5. The van der Waals surface area contributed by atoms with E-state index >= 15 is 0 Å². The lowest BCUT2D eigenvalue weighted by Gasteiger charge is -2.26. The summed E-state index contributed by atoms with van der Waals surface area (Å²) in [6, 6.07) is 4.16. The Labute approximate surface area is 125 Å². The van der Waals surface area contributed by atoms with Crippen molar-refractivity contribution < 1.29 is 20.1 Å². The number of ether oxygens (including phenoxy) is 1. The van der Waals surface area contributed by atoms with Gasteiger partial charge >= 0.3 is 0 Å².